The fourth-order valence-corrected chi connectivity index (χ4v) is 6.35. The van der Waals surface area contributed by atoms with E-state index in [0.717, 1.165) is 22.7 Å². The van der Waals surface area contributed by atoms with E-state index in [1.807, 2.05) is 13.8 Å². The zero-order chi connectivity index (χ0) is 30.3. The SMILES string of the molecule is CCCCNC(=O)C(C)N(Cc1c(Cl)cccc1Cl)C(=O)CN(c1cccc(Cl)c1C)S(=O)(=O)c1ccc(C)cc1. The minimum Gasteiger partial charge on any atom is -0.354 e. The highest BCUT2D eigenvalue weighted by atomic mass is 35.5. The van der Waals surface area contributed by atoms with Crippen molar-refractivity contribution in [2.45, 2.75) is 58.0 Å². The van der Waals surface area contributed by atoms with Crippen molar-refractivity contribution in [3.8, 4) is 0 Å². The summed E-state index contributed by atoms with van der Waals surface area (Å²) in [4.78, 5) is 28.5. The van der Waals surface area contributed by atoms with E-state index in [-0.39, 0.29) is 23.0 Å². The van der Waals surface area contributed by atoms with Crippen molar-refractivity contribution >= 4 is 62.3 Å². The van der Waals surface area contributed by atoms with Crippen LogP contribution in [0.2, 0.25) is 15.1 Å². The summed E-state index contributed by atoms with van der Waals surface area (Å²) in [6.45, 7) is 6.89. The van der Waals surface area contributed by atoms with Crippen molar-refractivity contribution in [1.82, 2.24) is 10.2 Å². The first-order valence-corrected chi connectivity index (χ1v) is 15.8. The third-order valence-corrected chi connectivity index (χ3v) is 9.67. The minimum atomic E-state index is -4.22. The van der Waals surface area contributed by atoms with E-state index < -0.39 is 28.5 Å². The molecule has 0 aliphatic heterocycles. The van der Waals surface area contributed by atoms with Crippen molar-refractivity contribution in [2.24, 2.45) is 0 Å². The summed E-state index contributed by atoms with van der Waals surface area (Å²) in [7, 11) is -4.22. The van der Waals surface area contributed by atoms with Gasteiger partial charge in [-0.25, -0.2) is 8.42 Å². The quantitative estimate of drug-likeness (QED) is 0.221. The van der Waals surface area contributed by atoms with E-state index in [9.17, 15) is 18.0 Å². The average Bonchev–Trinajstić information content (AvgIpc) is 2.93. The van der Waals surface area contributed by atoms with Crippen molar-refractivity contribution in [2.75, 3.05) is 17.4 Å². The fourth-order valence-electron chi connectivity index (χ4n) is 4.19. The first-order chi connectivity index (χ1) is 19.4. The number of halogens is 3. The van der Waals surface area contributed by atoms with Crippen molar-refractivity contribution in [1.29, 1.82) is 0 Å². The Labute approximate surface area is 257 Å². The van der Waals surface area contributed by atoms with Crippen LogP contribution in [0.15, 0.2) is 65.6 Å². The number of aryl methyl sites for hydroxylation is 1. The normalized spacial score (nSPS) is 12.1. The number of sulfonamides is 1. The molecule has 0 aliphatic carbocycles. The number of hydrogen-bond donors (Lipinski definition) is 1. The number of unbranched alkanes of at least 4 members (excludes halogenated alkanes) is 1. The highest BCUT2D eigenvalue weighted by Crippen LogP contribution is 2.32. The molecule has 0 bridgehead atoms. The van der Waals surface area contributed by atoms with Crippen LogP contribution in [0.25, 0.3) is 0 Å². The number of rotatable bonds is 12. The minimum absolute atomic E-state index is 0.0151. The van der Waals surface area contributed by atoms with Gasteiger partial charge in [0.2, 0.25) is 11.8 Å². The molecule has 0 spiro atoms. The molecule has 0 aliphatic rings. The lowest BCUT2D eigenvalue weighted by Crippen LogP contribution is -2.51. The molecular formula is C30H34Cl3N3O4S. The monoisotopic (exact) mass is 637 g/mol. The number of anilines is 1. The molecule has 3 aromatic rings. The van der Waals surface area contributed by atoms with Crippen molar-refractivity contribution in [3.63, 3.8) is 0 Å². The molecule has 11 heteroatoms. The largest absolute Gasteiger partial charge is 0.354 e. The lowest BCUT2D eigenvalue weighted by Gasteiger charge is -2.33. The molecule has 0 radical (unpaired) electrons. The Bertz CT molecular complexity index is 1480. The number of carbonyl (C=O) groups excluding carboxylic acids is 2. The summed E-state index contributed by atoms with van der Waals surface area (Å²) < 4.78 is 29.0. The van der Waals surface area contributed by atoms with Gasteiger partial charge in [-0.1, -0.05) is 78.0 Å². The first-order valence-electron chi connectivity index (χ1n) is 13.2. The average molecular weight is 639 g/mol. The molecule has 3 rings (SSSR count). The van der Waals surface area contributed by atoms with Crippen LogP contribution in [0, 0.1) is 13.8 Å². The molecule has 1 unspecified atom stereocenters. The Morgan fingerprint density at radius 1 is 0.902 bits per heavy atom. The van der Waals surface area contributed by atoms with Gasteiger partial charge in [-0.05, 0) is 69.2 Å². The number of hydrogen-bond acceptors (Lipinski definition) is 4. The summed E-state index contributed by atoms with van der Waals surface area (Å²) in [6, 6.07) is 15.2. The second-order valence-corrected chi connectivity index (χ2v) is 12.8. The Morgan fingerprint density at radius 3 is 2.10 bits per heavy atom. The van der Waals surface area contributed by atoms with Crippen LogP contribution in [0.3, 0.4) is 0 Å². The van der Waals surface area contributed by atoms with Gasteiger partial charge in [0.15, 0.2) is 0 Å². The van der Waals surface area contributed by atoms with Gasteiger partial charge in [-0.3, -0.25) is 13.9 Å². The van der Waals surface area contributed by atoms with Crippen LogP contribution < -0.4 is 9.62 Å². The molecule has 7 nitrogen and oxygen atoms in total. The van der Waals surface area contributed by atoms with Crippen LogP contribution in [0.4, 0.5) is 5.69 Å². The standard InChI is InChI=1S/C30H34Cl3N3O4S/c1-5-6-17-34-30(38)22(4)35(18-24-26(32)10-7-11-27(24)33)29(37)19-36(28-12-8-9-25(31)21(28)3)41(39,40)23-15-13-20(2)14-16-23/h7-16,22H,5-6,17-19H2,1-4H3,(H,34,38). The van der Waals surface area contributed by atoms with Gasteiger partial charge in [0.1, 0.15) is 12.6 Å². The number of carbonyl (C=O) groups is 2. The number of nitrogens with one attached hydrogen (secondary N) is 1. The molecule has 0 saturated carbocycles. The van der Waals surface area contributed by atoms with Gasteiger partial charge >= 0.3 is 0 Å². The van der Waals surface area contributed by atoms with Crippen molar-refractivity contribution in [3.05, 3.63) is 92.4 Å². The van der Waals surface area contributed by atoms with Crippen molar-refractivity contribution < 1.29 is 18.0 Å². The van der Waals surface area contributed by atoms with E-state index in [1.165, 1.54) is 17.0 Å². The smallest absolute Gasteiger partial charge is 0.264 e. The molecule has 2 amide bonds. The Hall–Kier alpha value is -2.78. The maximum absolute atomic E-state index is 14.1. The van der Waals surface area contributed by atoms with Gasteiger partial charge in [0.25, 0.3) is 10.0 Å². The topological polar surface area (TPSA) is 86.8 Å². The highest BCUT2D eigenvalue weighted by molar-refractivity contribution is 7.92. The second kappa shape index (κ2) is 14.4. The van der Waals surface area contributed by atoms with Gasteiger partial charge in [-0.15, -0.1) is 0 Å². The third kappa shape index (κ3) is 7.95. The summed E-state index contributed by atoms with van der Waals surface area (Å²) in [6.07, 6.45) is 1.66. The van der Waals surface area contributed by atoms with Crippen LogP contribution in [0.1, 0.15) is 43.4 Å². The fraction of sp³-hybridized carbons (Fsp3) is 0.333. The molecule has 1 N–H and O–H groups in total. The molecule has 41 heavy (non-hydrogen) atoms. The summed E-state index contributed by atoms with van der Waals surface area (Å²) in [5.74, 6) is -0.990. The van der Waals surface area contributed by atoms with Crippen LogP contribution in [-0.2, 0) is 26.2 Å². The Balaban J connectivity index is 2.08. The zero-order valence-corrected chi connectivity index (χ0v) is 26.5. The maximum atomic E-state index is 14.1. The maximum Gasteiger partial charge on any atom is 0.264 e. The summed E-state index contributed by atoms with van der Waals surface area (Å²) in [5.41, 5.74) is 2.08. The predicted molar refractivity (Wildman–Crippen MR) is 166 cm³/mol. The molecule has 0 fully saturated rings. The number of benzene rings is 3. The molecular weight excluding hydrogens is 605 g/mol. The lowest BCUT2D eigenvalue weighted by molar-refractivity contribution is -0.139. The first kappa shape index (κ1) is 32.7. The van der Waals surface area contributed by atoms with Gasteiger partial charge in [0, 0.05) is 33.7 Å². The summed E-state index contributed by atoms with van der Waals surface area (Å²) in [5, 5.41) is 3.84. The van der Waals surface area contributed by atoms with E-state index in [2.05, 4.69) is 5.32 Å². The van der Waals surface area contributed by atoms with E-state index >= 15 is 0 Å². The molecule has 0 saturated heterocycles. The molecule has 0 heterocycles. The molecule has 1 atom stereocenters. The third-order valence-electron chi connectivity index (χ3n) is 6.78. The highest BCUT2D eigenvalue weighted by Gasteiger charge is 2.33. The second-order valence-electron chi connectivity index (χ2n) is 9.75. The van der Waals surface area contributed by atoms with Crippen LogP contribution >= 0.6 is 34.8 Å². The van der Waals surface area contributed by atoms with Crippen LogP contribution in [0.5, 0.6) is 0 Å². The predicted octanol–water partition coefficient (Wildman–Crippen LogP) is 6.79. The zero-order valence-electron chi connectivity index (χ0n) is 23.5. The lowest BCUT2D eigenvalue weighted by atomic mass is 10.1. The Kier molecular flexibility index (Phi) is 11.5. The molecule has 0 aromatic heterocycles. The van der Waals surface area contributed by atoms with Gasteiger partial charge in [-0.2, -0.15) is 0 Å². The number of amides is 2. The molecule has 3 aromatic carbocycles. The van der Waals surface area contributed by atoms with Gasteiger partial charge < -0.3 is 10.2 Å². The van der Waals surface area contributed by atoms with Gasteiger partial charge in [0.05, 0.1) is 10.6 Å². The summed E-state index contributed by atoms with van der Waals surface area (Å²) >= 11 is 19.2. The molecule has 220 valence electrons. The van der Waals surface area contributed by atoms with Crippen LogP contribution in [-0.4, -0.2) is 44.3 Å². The number of nitrogens with zero attached hydrogens (tertiary/aromatic N) is 2. The van der Waals surface area contributed by atoms with E-state index in [0.29, 0.717) is 32.7 Å². The van der Waals surface area contributed by atoms with E-state index in [4.69, 9.17) is 34.8 Å². The van der Waals surface area contributed by atoms with E-state index in [1.54, 1.807) is 62.4 Å². The Morgan fingerprint density at radius 2 is 1.49 bits per heavy atom.